The summed E-state index contributed by atoms with van der Waals surface area (Å²) in [7, 11) is -9.68. The molecule has 130 valence electrons. The molecule has 0 N–H and O–H groups in total. The maximum Gasteiger partial charge on any atom is 0.310 e. The van der Waals surface area contributed by atoms with E-state index in [1.54, 1.807) is 6.07 Å². The third-order valence-electron chi connectivity index (χ3n) is 3.21. The summed E-state index contributed by atoms with van der Waals surface area (Å²) in [6, 6.07) is 6.79. The number of hydrogen-bond donors (Lipinski definition) is 0. The second kappa shape index (κ2) is 5.49. The van der Waals surface area contributed by atoms with Crippen LogP contribution in [0.4, 0.5) is 23.8 Å². The Balaban J connectivity index is 2.27. The Morgan fingerprint density at radius 1 is 0.875 bits per heavy atom. The first-order chi connectivity index (χ1) is 10.9. The number of benzene rings is 2. The molecule has 2 aromatic carbocycles. The summed E-state index contributed by atoms with van der Waals surface area (Å²) in [6.45, 7) is 1.96. The van der Waals surface area contributed by atoms with E-state index in [1.165, 1.54) is 12.1 Å². The van der Waals surface area contributed by atoms with Crippen molar-refractivity contribution in [2.45, 2.75) is 24.7 Å². The Kier molecular flexibility index (Phi) is 4.18. The molecule has 0 aliphatic carbocycles. The molecule has 0 bridgehead atoms. The van der Waals surface area contributed by atoms with E-state index in [9.17, 15) is 23.8 Å². The van der Waals surface area contributed by atoms with Crippen LogP contribution in [-0.2, 0) is 6.42 Å². The molecular formula is C17H14F6S. The zero-order chi connectivity index (χ0) is 18.1. The molecule has 2 rings (SSSR count). The molecule has 0 aliphatic heterocycles. The molecule has 0 heterocycles. The first-order valence-corrected chi connectivity index (χ1v) is 8.99. The molecule has 0 radical (unpaired) electrons. The van der Waals surface area contributed by atoms with Gasteiger partial charge in [0.15, 0.2) is 0 Å². The van der Waals surface area contributed by atoms with Gasteiger partial charge in [-0.15, -0.1) is 0 Å². The van der Waals surface area contributed by atoms with Gasteiger partial charge < -0.3 is 0 Å². The molecule has 7 heteroatoms. The van der Waals surface area contributed by atoms with Gasteiger partial charge in [0.05, 0.1) is 5.56 Å². The fraction of sp³-hybridized carbons (Fsp3) is 0.176. The number of hydrogen-bond acceptors (Lipinski definition) is 0. The lowest BCUT2D eigenvalue weighted by molar-refractivity contribution is 0.364. The average Bonchev–Trinajstić information content (AvgIpc) is 2.45. The van der Waals surface area contributed by atoms with Gasteiger partial charge in [-0.25, -0.2) is 4.39 Å². The summed E-state index contributed by atoms with van der Waals surface area (Å²) in [5.41, 5.74) is 0.991. The van der Waals surface area contributed by atoms with Crippen LogP contribution in [0.15, 0.2) is 47.4 Å². The first-order valence-electron chi connectivity index (χ1n) is 7.03. The van der Waals surface area contributed by atoms with Crippen LogP contribution in [0.2, 0.25) is 0 Å². The monoisotopic (exact) mass is 364 g/mol. The van der Waals surface area contributed by atoms with Gasteiger partial charge in [0.25, 0.3) is 0 Å². The number of aryl methyl sites for hydroxylation is 1. The molecular weight excluding hydrogens is 350 g/mol. The van der Waals surface area contributed by atoms with E-state index >= 15 is 0 Å². The third kappa shape index (κ3) is 4.71. The van der Waals surface area contributed by atoms with E-state index in [0.29, 0.717) is 0 Å². The number of rotatable bonds is 3. The normalized spacial score (nSPS) is 14.3. The Bertz CT molecular complexity index is 811. The topological polar surface area (TPSA) is 0 Å². The van der Waals surface area contributed by atoms with Crippen molar-refractivity contribution < 1.29 is 23.8 Å². The van der Waals surface area contributed by atoms with Crippen LogP contribution in [0.5, 0.6) is 0 Å². The Hall–Kier alpha value is -2.07. The Labute approximate surface area is 136 Å². The Morgan fingerprint density at radius 2 is 1.50 bits per heavy atom. The largest absolute Gasteiger partial charge is 0.310 e. The number of halogens is 6. The van der Waals surface area contributed by atoms with E-state index in [4.69, 9.17) is 0 Å². The summed E-state index contributed by atoms with van der Waals surface area (Å²) in [6.07, 6.45) is 1.59. The molecule has 0 saturated heterocycles. The molecule has 0 atom stereocenters. The van der Waals surface area contributed by atoms with E-state index in [1.807, 2.05) is 6.92 Å². The highest BCUT2D eigenvalue weighted by atomic mass is 32.5. The highest BCUT2D eigenvalue weighted by Crippen LogP contribution is 3.02. The molecule has 0 aliphatic rings. The zero-order valence-electron chi connectivity index (χ0n) is 12.6. The predicted octanol–water partition coefficient (Wildman–Crippen LogP) is 6.84. The maximum atomic E-state index is 13.9. The fourth-order valence-corrected chi connectivity index (χ4v) is 2.69. The molecule has 0 nitrogen and oxygen atoms in total. The van der Waals surface area contributed by atoms with E-state index in [0.717, 1.165) is 30.5 Å². The lowest BCUT2D eigenvalue weighted by Crippen LogP contribution is -2.05. The lowest BCUT2D eigenvalue weighted by atomic mass is 10.1. The summed E-state index contributed by atoms with van der Waals surface area (Å²) in [4.78, 5) is -1.98. The molecule has 24 heavy (non-hydrogen) atoms. The highest BCUT2D eigenvalue weighted by molar-refractivity contribution is 8.45. The highest BCUT2D eigenvalue weighted by Gasteiger charge is 2.65. The van der Waals surface area contributed by atoms with E-state index in [-0.39, 0.29) is 23.3 Å². The summed E-state index contributed by atoms with van der Waals surface area (Å²) in [5, 5.41) is 0. The van der Waals surface area contributed by atoms with Gasteiger partial charge >= 0.3 is 10.2 Å². The minimum atomic E-state index is -9.68. The van der Waals surface area contributed by atoms with Gasteiger partial charge in [0.1, 0.15) is 10.7 Å². The van der Waals surface area contributed by atoms with Crippen LogP contribution < -0.4 is 0 Å². The molecule has 0 aromatic heterocycles. The van der Waals surface area contributed by atoms with E-state index < -0.39 is 20.9 Å². The smallest absolute Gasteiger partial charge is 0.206 e. The van der Waals surface area contributed by atoms with Gasteiger partial charge in [-0.3, -0.25) is 0 Å². The van der Waals surface area contributed by atoms with Crippen molar-refractivity contribution in [2.75, 3.05) is 0 Å². The van der Waals surface area contributed by atoms with Crippen LogP contribution >= 0.6 is 10.2 Å². The fourth-order valence-electron chi connectivity index (χ4n) is 2.04. The van der Waals surface area contributed by atoms with Crippen molar-refractivity contribution in [1.29, 1.82) is 0 Å². The van der Waals surface area contributed by atoms with Crippen LogP contribution in [-0.4, -0.2) is 0 Å². The van der Waals surface area contributed by atoms with Gasteiger partial charge in [-0.1, -0.05) is 50.7 Å². The second-order valence-electron chi connectivity index (χ2n) is 5.31. The summed E-state index contributed by atoms with van der Waals surface area (Å²) >= 11 is 0. The second-order valence-corrected chi connectivity index (χ2v) is 7.72. The van der Waals surface area contributed by atoms with Crippen molar-refractivity contribution in [3.63, 3.8) is 0 Å². The average molecular weight is 364 g/mol. The van der Waals surface area contributed by atoms with Crippen molar-refractivity contribution in [1.82, 2.24) is 0 Å². The predicted molar refractivity (Wildman–Crippen MR) is 84.2 cm³/mol. The van der Waals surface area contributed by atoms with Crippen molar-refractivity contribution in [3.05, 3.63) is 65.0 Å². The van der Waals surface area contributed by atoms with Crippen molar-refractivity contribution >= 4 is 10.2 Å². The SMILES string of the molecule is CCCc1ccc(C#Cc2ccc(S(F)(F)(F)(F)F)cc2)c(F)c1. The summed E-state index contributed by atoms with van der Waals surface area (Å²) < 4.78 is 76.8. The summed E-state index contributed by atoms with van der Waals surface area (Å²) in [5.74, 6) is 4.43. The standard InChI is InChI=1S/C17H14F6S/c1-2-3-14-5-9-15(17(18)12-14)8-4-13-6-10-16(11-7-13)24(19,20,21,22)23/h5-7,9-12H,2-3H2,1H3. The van der Waals surface area contributed by atoms with Crippen LogP contribution in [0.3, 0.4) is 0 Å². The minimum absolute atomic E-state index is 0.0811. The molecule has 0 spiro atoms. The molecule has 0 saturated carbocycles. The van der Waals surface area contributed by atoms with Crippen LogP contribution in [0.1, 0.15) is 30.0 Å². The van der Waals surface area contributed by atoms with Gasteiger partial charge in [0, 0.05) is 5.56 Å². The van der Waals surface area contributed by atoms with Crippen molar-refractivity contribution in [2.24, 2.45) is 0 Å². The van der Waals surface area contributed by atoms with Crippen LogP contribution in [0, 0.1) is 17.7 Å². The maximum absolute atomic E-state index is 13.9. The van der Waals surface area contributed by atoms with Crippen LogP contribution in [0.25, 0.3) is 0 Å². The van der Waals surface area contributed by atoms with Gasteiger partial charge in [-0.05, 0) is 48.4 Å². The Morgan fingerprint density at radius 3 is 2.00 bits per heavy atom. The lowest BCUT2D eigenvalue weighted by Gasteiger charge is -2.40. The molecule has 2 aromatic rings. The quantitative estimate of drug-likeness (QED) is 0.413. The third-order valence-corrected chi connectivity index (χ3v) is 4.38. The van der Waals surface area contributed by atoms with Crippen molar-refractivity contribution in [3.8, 4) is 11.8 Å². The first kappa shape index (κ1) is 18.3. The molecule has 0 unspecified atom stereocenters. The zero-order valence-corrected chi connectivity index (χ0v) is 13.4. The molecule has 0 fully saturated rings. The van der Waals surface area contributed by atoms with Gasteiger partial charge in [0.2, 0.25) is 0 Å². The molecule has 0 amide bonds. The van der Waals surface area contributed by atoms with Gasteiger partial charge in [-0.2, -0.15) is 0 Å². The minimum Gasteiger partial charge on any atom is -0.206 e. The van der Waals surface area contributed by atoms with E-state index in [2.05, 4.69) is 11.8 Å².